The second kappa shape index (κ2) is 13.1. The number of rotatable bonds is 8. The summed E-state index contributed by atoms with van der Waals surface area (Å²) >= 11 is 0. The second-order valence-electron chi connectivity index (χ2n) is 8.52. The van der Waals surface area contributed by atoms with Gasteiger partial charge in [0.05, 0.1) is 12.3 Å². The molecule has 33 heavy (non-hydrogen) atoms. The van der Waals surface area contributed by atoms with Crippen LogP contribution in [-0.2, 0) is 6.54 Å². The van der Waals surface area contributed by atoms with Crippen LogP contribution in [0.4, 0.5) is 5.82 Å². The predicted molar refractivity (Wildman–Crippen MR) is 144 cm³/mol. The molecule has 2 aromatic heterocycles. The maximum absolute atomic E-state index is 5.73. The molecule has 2 fully saturated rings. The lowest BCUT2D eigenvalue weighted by Crippen LogP contribution is -2.46. The van der Waals surface area contributed by atoms with Crippen LogP contribution in [0, 0.1) is 0 Å². The van der Waals surface area contributed by atoms with Crippen LogP contribution in [-0.4, -0.2) is 80.1 Å². The Morgan fingerprint density at radius 1 is 1.12 bits per heavy atom. The van der Waals surface area contributed by atoms with Crippen molar-refractivity contribution < 1.29 is 4.42 Å². The third-order valence-electron chi connectivity index (χ3n) is 6.55. The first-order chi connectivity index (χ1) is 15.8. The van der Waals surface area contributed by atoms with E-state index in [1.165, 1.54) is 18.4 Å². The van der Waals surface area contributed by atoms with Crippen LogP contribution < -0.4 is 15.5 Å². The minimum atomic E-state index is 0. The minimum absolute atomic E-state index is 0. The number of hydrogen-bond donors (Lipinski definition) is 2. The summed E-state index contributed by atoms with van der Waals surface area (Å²) < 4.78 is 5.73. The summed E-state index contributed by atoms with van der Waals surface area (Å²) in [6.07, 6.45) is 6.17. The van der Waals surface area contributed by atoms with Gasteiger partial charge in [0.25, 0.3) is 0 Å². The Morgan fingerprint density at radius 3 is 2.58 bits per heavy atom. The molecule has 4 rings (SSSR count). The van der Waals surface area contributed by atoms with E-state index in [0.29, 0.717) is 6.54 Å². The number of aliphatic imine (C=N–C) groups is 1. The largest absolute Gasteiger partial charge is 0.468 e. The molecule has 1 atom stereocenters. The van der Waals surface area contributed by atoms with Gasteiger partial charge in [-0.3, -0.25) is 9.89 Å². The summed E-state index contributed by atoms with van der Waals surface area (Å²) in [5.41, 5.74) is 1.21. The summed E-state index contributed by atoms with van der Waals surface area (Å²) in [6.45, 7) is 11.3. The zero-order chi connectivity index (χ0) is 22.2. The normalized spacial score (nSPS) is 18.7. The fourth-order valence-corrected chi connectivity index (χ4v) is 4.58. The maximum Gasteiger partial charge on any atom is 0.191 e. The van der Waals surface area contributed by atoms with Gasteiger partial charge in [-0.1, -0.05) is 6.92 Å². The Morgan fingerprint density at radius 2 is 1.91 bits per heavy atom. The number of nitrogens with one attached hydrogen (secondary N) is 2. The van der Waals surface area contributed by atoms with Crippen LogP contribution in [0.2, 0.25) is 0 Å². The van der Waals surface area contributed by atoms with Gasteiger partial charge in [0.1, 0.15) is 11.6 Å². The number of hydrogen-bond acceptors (Lipinski definition) is 6. The lowest BCUT2D eigenvalue weighted by molar-refractivity contribution is 0.215. The van der Waals surface area contributed by atoms with Crippen molar-refractivity contribution in [1.29, 1.82) is 0 Å². The zero-order valence-corrected chi connectivity index (χ0v) is 22.2. The molecule has 0 spiro atoms. The van der Waals surface area contributed by atoms with Crippen LogP contribution in [0.1, 0.15) is 37.1 Å². The number of piperazine rings is 1. The van der Waals surface area contributed by atoms with Gasteiger partial charge in [-0.25, -0.2) is 4.98 Å². The smallest absolute Gasteiger partial charge is 0.191 e. The number of halogens is 1. The van der Waals surface area contributed by atoms with Crippen molar-refractivity contribution in [3.8, 4) is 0 Å². The number of furan rings is 1. The molecule has 182 valence electrons. The molecule has 4 heterocycles. The molecule has 2 aromatic rings. The van der Waals surface area contributed by atoms with E-state index in [1.54, 1.807) is 6.26 Å². The van der Waals surface area contributed by atoms with E-state index < -0.39 is 0 Å². The molecule has 0 amide bonds. The van der Waals surface area contributed by atoms with Gasteiger partial charge in [-0.2, -0.15) is 0 Å². The van der Waals surface area contributed by atoms with Crippen LogP contribution in [0.3, 0.4) is 0 Å². The Hall–Kier alpha value is -1.85. The van der Waals surface area contributed by atoms with E-state index in [1.807, 2.05) is 19.3 Å². The van der Waals surface area contributed by atoms with Gasteiger partial charge in [-0.15, -0.1) is 24.0 Å². The molecule has 9 heteroatoms. The molecule has 0 saturated carbocycles. The van der Waals surface area contributed by atoms with Gasteiger partial charge >= 0.3 is 0 Å². The first-order valence-corrected chi connectivity index (χ1v) is 11.9. The maximum atomic E-state index is 5.73. The minimum Gasteiger partial charge on any atom is -0.468 e. The molecule has 1 unspecified atom stereocenters. The zero-order valence-electron chi connectivity index (χ0n) is 19.9. The van der Waals surface area contributed by atoms with Crippen LogP contribution in [0.25, 0.3) is 0 Å². The number of likely N-dealkylation sites (N-methyl/N-ethyl adjacent to an activating group) is 1. The number of aromatic nitrogens is 1. The van der Waals surface area contributed by atoms with Crippen molar-refractivity contribution in [2.45, 2.75) is 32.4 Å². The molecule has 0 aliphatic carbocycles. The summed E-state index contributed by atoms with van der Waals surface area (Å²) in [7, 11) is 1.82. The lowest BCUT2D eigenvalue weighted by Gasteiger charge is -2.34. The molecular formula is C24H38IN7O. The highest BCUT2D eigenvalue weighted by molar-refractivity contribution is 14.0. The number of anilines is 1. The van der Waals surface area contributed by atoms with Crippen molar-refractivity contribution in [3.05, 3.63) is 48.0 Å². The molecule has 0 aromatic carbocycles. The number of nitrogens with zero attached hydrogens (tertiary/aromatic N) is 5. The van der Waals surface area contributed by atoms with Gasteiger partial charge in [0, 0.05) is 52.5 Å². The van der Waals surface area contributed by atoms with E-state index >= 15 is 0 Å². The summed E-state index contributed by atoms with van der Waals surface area (Å²) in [5.74, 6) is 2.88. The number of likely N-dealkylation sites (tertiary alicyclic amines) is 1. The molecule has 8 nitrogen and oxygen atoms in total. The van der Waals surface area contributed by atoms with Gasteiger partial charge in [-0.05, 0) is 62.3 Å². The molecule has 2 aliphatic rings. The molecule has 0 radical (unpaired) electrons. The quantitative estimate of drug-likeness (QED) is 0.289. The monoisotopic (exact) mass is 567 g/mol. The number of pyridine rings is 1. The van der Waals surface area contributed by atoms with Gasteiger partial charge in [0.2, 0.25) is 0 Å². The highest BCUT2D eigenvalue weighted by atomic mass is 127. The Balaban J connectivity index is 0.00000306. The average molecular weight is 568 g/mol. The average Bonchev–Trinajstić information content (AvgIpc) is 3.57. The third-order valence-corrected chi connectivity index (χ3v) is 6.55. The lowest BCUT2D eigenvalue weighted by atomic mass is 10.2. The SMILES string of the molecule is CCN1CCN(c2cc(CNC(=NC)NCC(c3ccco3)N3CCCC3)ccn2)CC1.I. The molecular weight excluding hydrogens is 529 g/mol. The highest BCUT2D eigenvalue weighted by Gasteiger charge is 2.25. The van der Waals surface area contributed by atoms with Crippen LogP contribution in [0.15, 0.2) is 46.1 Å². The molecule has 0 bridgehead atoms. The van der Waals surface area contributed by atoms with Gasteiger partial charge in [0.15, 0.2) is 5.96 Å². The topological polar surface area (TPSA) is 72.2 Å². The number of guanidine groups is 1. The summed E-state index contributed by atoms with van der Waals surface area (Å²) in [6, 6.07) is 8.52. The second-order valence-corrected chi connectivity index (χ2v) is 8.52. The van der Waals surface area contributed by atoms with Crippen molar-refractivity contribution in [2.24, 2.45) is 4.99 Å². The third kappa shape index (κ3) is 7.07. The standard InChI is InChI=1S/C24H37N7O.HI/c1-3-29-12-14-31(15-13-29)23-17-20(8-9-26-23)18-27-24(25-2)28-19-21(22-7-6-16-32-22)30-10-4-5-11-30;/h6-9,16-17,21H,3-5,10-15,18-19H2,1-2H3,(H2,25,27,28);1H. The Kier molecular flexibility index (Phi) is 10.3. The van der Waals surface area contributed by atoms with E-state index in [-0.39, 0.29) is 30.0 Å². The Bertz CT molecular complexity index is 846. The molecule has 2 N–H and O–H groups in total. The van der Waals surface area contributed by atoms with Crippen LogP contribution >= 0.6 is 24.0 Å². The van der Waals surface area contributed by atoms with Crippen molar-refractivity contribution in [1.82, 2.24) is 25.4 Å². The molecule has 2 aliphatic heterocycles. The van der Waals surface area contributed by atoms with E-state index in [4.69, 9.17) is 4.42 Å². The van der Waals surface area contributed by atoms with E-state index in [0.717, 1.165) is 69.9 Å². The van der Waals surface area contributed by atoms with Crippen LogP contribution in [0.5, 0.6) is 0 Å². The fraction of sp³-hybridized carbons (Fsp3) is 0.583. The van der Waals surface area contributed by atoms with E-state index in [9.17, 15) is 0 Å². The predicted octanol–water partition coefficient (Wildman–Crippen LogP) is 2.94. The van der Waals surface area contributed by atoms with E-state index in [2.05, 4.69) is 60.4 Å². The summed E-state index contributed by atoms with van der Waals surface area (Å²) in [5, 5.41) is 6.96. The van der Waals surface area contributed by atoms with Crippen molar-refractivity contribution in [2.75, 3.05) is 64.3 Å². The van der Waals surface area contributed by atoms with Crippen molar-refractivity contribution in [3.63, 3.8) is 0 Å². The van der Waals surface area contributed by atoms with Gasteiger partial charge < -0.3 is 24.9 Å². The first-order valence-electron chi connectivity index (χ1n) is 11.9. The Labute approximate surface area is 214 Å². The molecule has 2 saturated heterocycles. The first kappa shape index (κ1) is 25.8. The fourth-order valence-electron chi connectivity index (χ4n) is 4.58. The summed E-state index contributed by atoms with van der Waals surface area (Å²) in [4.78, 5) is 16.4. The van der Waals surface area contributed by atoms with Crippen molar-refractivity contribution >= 4 is 35.8 Å². The highest BCUT2D eigenvalue weighted by Crippen LogP contribution is 2.24.